The van der Waals surface area contributed by atoms with Crippen LogP contribution in [-0.2, 0) is 4.74 Å². The van der Waals surface area contributed by atoms with Gasteiger partial charge >= 0.3 is 12.1 Å². The molecule has 3 aromatic rings. The monoisotopic (exact) mass is 502 g/mol. The van der Waals surface area contributed by atoms with Gasteiger partial charge in [0.2, 0.25) is 5.95 Å². The van der Waals surface area contributed by atoms with Gasteiger partial charge in [0.15, 0.2) is 0 Å². The molecule has 0 saturated heterocycles. The fourth-order valence-electron chi connectivity index (χ4n) is 2.85. The highest BCUT2D eigenvalue weighted by Gasteiger charge is 2.16. The third kappa shape index (κ3) is 7.51. The summed E-state index contributed by atoms with van der Waals surface area (Å²) in [5, 5.41) is 17.9. The Morgan fingerprint density at radius 3 is 2.60 bits per heavy atom. The van der Waals surface area contributed by atoms with Crippen LogP contribution in [0.2, 0.25) is 5.02 Å². The molecular formula is C23H24ClFN6O4. The molecule has 35 heavy (non-hydrogen) atoms. The number of halogens is 2. The van der Waals surface area contributed by atoms with Gasteiger partial charge in [0.25, 0.3) is 0 Å². The molecule has 1 amide bonds. The van der Waals surface area contributed by atoms with E-state index in [0.717, 1.165) is 0 Å². The molecular weight excluding hydrogens is 479 g/mol. The van der Waals surface area contributed by atoms with Crippen molar-refractivity contribution in [3.8, 4) is 11.1 Å². The number of amides is 1. The molecule has 0 saturated carbocycles. The summed E-state index contributed by atoms with van der Waals surface area (Å²) in [6.45, 7) is 5.79. The molecule has 0 bridgehead atoms. The zero-order chi connectivity index (χ0) is 25.6. The van der Waals surface area contributed by atoms with Crippen LogP contribution in [0.1, 0.15) is 31.1 Å². The van der Waals surface area contributed by atoms with Crippen molar-refractivity contribution < 1.29 is 23.8 Å². The normalized spacial score (nSPS) is 11.0. The van der Waals surface area contributed by atoms with E-state index >= 15 is 0 Å². The largest absolute Gasteiger partial charge is 0.478 e. The van der Waals surface area contributed by atoms with E-state index in [4.69, 9.17) is 16.3 Å². The second-order valence-corrected chi connectivity index (χ2v) is 8.74. The number of anilines is 3. The lowest BCUT2D eigenvalue weighted by molar-refractivity contribution is 0.0529. The first-order chi connectivity index (χ1) is 16.5. The van der Waals surface area contributed by atoms with E-state index in [2.05, 4.69) is 30.9 Å². The predicted molar refractivity (Wildman–Crippen MR) is 130 cm³/mol. The number of nitrogens with one attached hydrogen (secondary N) is 3. The number of carbonyl (C=O) groups excluding carboxylic acids is 1. The molecule has 10 nitrogen and oxygen atoms in total. The number of hydrogen-bond donors (Lipinski definition) is 4. The van der Waals surface area contributed by atoms with E-state index in [1.165, 1.54) is 42.9 Å². The Balaban J connectivity index is 1.82. The second-order valence-electron chi connectivity index (χ2n) is 8.33. The molecule has 0 unspecified atom stereocenters. The van der Waals surface area contributed by atoms with Gasteiger partial charge in [0.1, 0.15) is 17.2 Å². The Kier molecular flexibility index (Phi) is 8.02. The number of benzene rings is 1. The predicted octanol–water partition coefficient (Wildman–Crippen LogP) is 4.71. The van der Waals surface area contributed by atoms with E-state index < -0.39 is 23.5 Å². The molecule has 0 spiro atoms. The minimum absolute atomic E-state index is 0.00296. The van der Waals surface area contributed by atoms with E-state index in [0.29, 0.717) is 22.6 Å². The second kappa shape index (κ2) is 11.0. The molecule has 2 heterocycles. The minimum atomic E-state index is -1.12. The third-order valence-corrected chi connectivity index (χ3v) is 4.64. The van der Waals surface area contributed by atoms with Crippen LogP contribution in [0.4, 0.5) is 26.6 Å². The summed E-state index contributed by atoms with van der Waals surface area (Å²) in [7, 11) is 0. The van der Waals surface area contributed by atoms with Crippen LogP contribution in [0.5, 0.6) is 0 Å². The van der Waals surface area contributed by atoms with Gasteiger partial charge in [-0.05, 0) is 45.0 Å². The van der Waals surface area contributed by atoms with Crippen molar-refractivity contribution in [1.82, 2.24) is 20.3 Å². The highest BCUT2D eigenvalue weighted by Crippen LogP contribution is 2.28. The summed E-state index contributed by atoms with van der Waals surface area (Å²) in [5.41, 5.74) is 0.812. The van der Waals surface area contributed by atoms with Crippen molar-refractivity contribution in [1.29, 1.82) is 0 Å². The molecule has 0 fully saturated rings. The van der Waals surface area contributed by atoms with E-state index in [1.807, 2.05) is 0 Å². The van der Waals surface area contributed by atoms with E-state index in [1.54, 1.807) is 20.8 Å². The smallest absolute Gasteiger partial charge is 0.407 e. The Bertz CT molecular complexity index is 1230. The highest BCUT2D eigenvalue weighted by molar-refractivity contribution is 6.31. The van der Waals surface area contributed by atoms with Crippen LogP contribution in [-0.4, -0.2) is 50.8 Å². The average Bonchev–Trinajstić information content (AvgIpc) is 2.78. The maximum absolute atomic E-state index is 13.5. The number of ether oxygens (including phenoxy) is 1. The lowest BCUT2D eigenvalue weighted by Gasteiger charge is -2.20. The number of carboxylic acid groups (broad SMARTS) is 1. The summed E-state index contributed by atoms with van der Waals surface area (Å²) in [5.74, 6) is -1.14. The summed E-state index contributed by atoms with van der Waals surface area (Å²) in [6.07, 6.45) is 3.66. The molecule has 0 radical (unpaired) electrons. The lowest BCUT2D eigenvalue weighted by atomic mass is 10.1. The number of carbonyl (C=O) groups is 2. The summed E-state index contributed by atoms with van der Waals surface area (Å²) in [4.78, 5) is 35.9. The topological polar surface area (TPSA) is 138 Å². The number of pyridine rings is 1. The first kappa shape index (κ1) is 25.6. The molecule has 4 N–H and O–H groups in total. The zero-order valence-corrected chi connectivity index (χ0v) is 20.0. The van der Waals surface area contributed by atoms with Crippen molar-refractivity contribution in [2.24, 2.45) is 0 Å². The van der Waals surface area contributed by atoms with Crippen LogP contribution in [0.15, 0.2) is 42.9 Å². The Hall–Kier alpha value is -3.99. The highest BCUT2D eigenvalue weighted by atomic mass is 35.5. The van der Waals surface area contributed by atoms with E-state index in [9.17, 15) is 19.1 Å². The van der Waals surface area contributed by atoms with Gasteiger partial charge in [-0.1, -0.05) is 11.6 Å². The quantitative estimate of drug-likeness (QED) is 0.322. The molecule has 184 valence electrons. The number of rotatable bonds is 8. The average molecular weight is 503 g/mol. The van der Waals surface area contributed by atoms with Crippen LogP contribution in [0.25, 0.3) is 11.1 Å². The van der Waals surface area contributed by atoms with Gasteiger partial charge in [-0.25, -0.2) is 19.0 Å². The zero-order valence-electron chi connectivity index (χ0n) is 19.2. The van der Waals surface area contributed by atoms with Crippen molar-refractivity contribution in [2.75, 3.05) is 23.7 Å². The number of carboxylic acids is 1. The van der Waals surface area contributed by atoms with Gasteiger partial charge in [0, 0.05) is 48.5 Å². The number of hydrogen-bond acceptors (Lipinski definition) is 8. The standard InChI is InChI=1S/C23H24ClFN6O4/c1-23(2,3)35-22(34)28-7-6-27-19-16(13-8-14(20(32)33)11-26-10-13)12-29-21(31-19)30-15-4-5-18(25)17(24)9-15/h4-5,8-12H,6-7H2,1-3H3,(H,28,34)(H,32,33)(H2,27,29,30,31). The Morgan fingerprint density at radius 2 is 1.91 bits per heavy atom. The van der Waals surface area contributed by atoms with Crippen LogP contribution in [0, 0.1) is 5.82 Å². The minimum Gasteiger partial charge on any atom is -0.478 e. The van der Waals surface area contributed by atoms with Crippen LogP contribution in [0.3, 0.4) is 0 Å². The summed E-state index contributed by atoms with van der Waals surface area (Å²) < 4.78 is 18.7. The molecule has 0 aliphatic rings. The first-order valence-corrected chi connectivity index (χ1v) is 10.9. The maximum atomic E-state index is 13.5. The molecule has 2 aromatic heterocycles. The van der Waals surface area contributed by atoms with Gasteiger partial charge in [0.05, 0.1) is 10.6 Å². The van der Waals surface area contributed by atoms with Crippen molar-refractivity contribution in [3.05, 3.63) is 59.3 Å². The van der Waals surface area contributed by atoms with Crippen LogP contribution < -0.4 is 16.0 Å². The van der Waals surface area contributed by atoms with Crippen LogP contribution >= 0.6 is 11.6 Å². The molecule has 0 aliphatic heterocycles. The summed E-state index contributed by atoms with van der Waals surface area (Å²) >= 11 is 5.84. The first-order valence-electron chi connectivity index (χ1n) is 10.5. The molecule has 1 aromatic carbocycles. The number of aromatic nitrogens is 3. The molecule has 12 heteroatoms. The fraction of sp³-hybridized carbons (Fsp3) is 0.261. The SMILES string of the molecule is CC(C)(C)OC(=O)NCCNc1nc(Nc2ccc(F)c(Cl)c2)ncc1-c1cncc(C(=O)O)c1. The number of aromatic carboxylic acids is 1. The number of nitrogens with zero attached hydrogens (tertiary/aromatic N) is 3. The fourth-order valence-corrected chi connectivity index (χ4v) is 3.04. The maximum Gasteiger partial charge on any atom is 0.407 e. The molecule has 3 rings (SSSR count). The van der Waals surface area contributed by atoms with Crippen molar-refractivity contribution >= 4 is 41.1 Å². The Morgan fingerprint density at radius 1 is 1.14 bits per heavy atom. The Labute approximate surface area is 205 Å². The van der Waals surface area contributed by atoms with Gasteiger partial charge < -0.3 is 25.8 Å². The summed E-state index contributed by atoms with van der Waals surface area (Å²) in [6, 6.07) is 5.54. The lowest BCUT2D eigenvalue weighted by Crippen LogP contribution is -2.35. The van der Waals surface area contributed by atoms with Crippen molar-refractivity contribution in [2.45, 2.75) is 26.4 Å². The third-order valence-electron chi connectivity index (χ3n) is 4.35. The van der Waals surface area contributed by atoms with E-state index in [-0.39, 0.29) is 29.6 Å². The number of alkyl carbamates (subject to hydrolysis) is 1. The van der Waals surface area contributed by atoms with Crippen molar-refractivity contribution in [3.63, 3.8) is 0 Å². The molecule has 0 aliphatic carbocycles. The van der Waals surface area contributed by atoms with Gasteiger partial charge in [-0.2, -0.15) is 4.98 Å². The van der Waals surface area contributed by atoms with Gasteiger partial charge in [-0.3, -0.25) is 4.98 Å². The van der Waals surface area contributed by atoms with Gasteiger partial charge in [-0.15, -0.1) is 0 Å². The molecule has 0 atom stereocenters.